The van der Waals surface area contributed by atoms with Gasteiger partial charge in [-0.2, -0.15) is 4.98 Å². The second-order valence-electron chi connectivity index (χ2n) is 14.8. The third-order valence-corrected chi connectivity index (χ3v) is 11.6. The number of carbonyl (C=O) groups is 4. The second kappa shape index (κ2) is 13.9. The van der Waals surface area contributed by atoms with Crippen LogP contribution in [-0.4, -0.2) is 87.8 Å². The molecule has 5 atom stereocenters. The maximum atomic E-state index is 14.4. The fourth-order valence-electron chi connectivity index (χ4n) is 6.90. The number of fused-ring (bicyclic) bond motifs is 3. The zero-order chi connectivity index (χ0) is 35.8. The van der Waals surface area contributed by atoms with Crippen LogP contribution in [0, 0.1) is 5.92 Å². The first-order valence-corrected chi connectivity index (χ1v) is 19.2. The van der Waals surface area contributed by atoms with Crippen LogP contribution in [0.2, 0.25) is 0 Å². The maximum absolute atomic E-state index is 14.4. The first-order chi connectivity index (χ1) is 23.7. The summed E-state index contributed by atoms with van der Waals surface area (Å²) in [6, 6.07) is 5.92. The number of nitrogens with zero attached hydrogens (tertiary/aromatic N) is 3. The zero-order valence-corrected chi connectivity index (χ0v) is 30.0. The molecule has 50 heavy (non-hydrogen) atoms. The summed E-state index contributed by atoms with van der Waals surface area (Å²) in [7, 11) is -3.87. The van der Waals surface area contributed by atoms with Crippen molar-refractivity contribution in [3.05, 3.63) is 36.4 Å². The number of allylic oxidation sites excluding steroid dienone is 1. The molecule has 6 rings (SSSR count). The third kappa shape index (κ3) is 7.77. The van der Waals surface area contributed by atoms with Crippen LogP contribution in [-0.2, 0) is 35.7 Å². The number of nitrogens with one attached hydrogen (secondary N) is 3. The van der Waals surface area contributed by atoms with Crippen LogP contribution in [0.15, 0.2) is 36.4 Å². The normalized spacial score (nSPS) is 27.7. The summed E-state index contributed by atoms with van der Waals surface area (Å²) in [5, 5.41) is 5.01. The number of carbonyl (C=O) groups excluding carboxylic acids is 4. The first-order valence-electron chi connectivity index (χ1n) is 17.7. The molecule has 0 bridgehead atoms. The van der Waals surface area contributed by atoms with Crippen molar-refractivity contribution < 1.29 is 37.1 Å². The summed E-state index contributed by atoms with van der Waals surface area (Å²) in [5.74, 6) is -2.26. The Hall–Kier alpha value is -4.14. The van der Waals surface area contributed by atoms with Crippen molar-refractivity contribution in [2.24, 2.45) is 5.92 Å². The smallest absolute Gasteiger partial charge is 0.408 e. The van der Waals surface area contributed by atoms with Crippen LogP contribution < -0.4 is 20.1 Å². The third-order valence-electron chi connectivity index (χ3n) is 9.74. The Kier molecular flexibility index (Phi) is 9.90. The largest absolute Gasteiger partial charge is 0.459 e. The lowest BCUT2D eigenvalue weighted by molar-refractivity contribution is -0.141. The van der Waals surface area contributed by atoms with Crippen molar-refractivity contribution in [1.82, 2.24) is 29.8 Å². The summed E-state index contributed by atoms with van der Waals surface area (Å²) in [6.07, 6.45) is 6.97. The number of sulfonamides is 1. The molecule has 2 aromatic rings. The molecule has 2 aliphatic heterocycles. The minimum atomic E-state index is -3.87. The monoisotopic (exact) mass is 712 g/mol. The van der Waals surface area contributed by atoms with E-state index in [4.69, 9.17) is 9.47 Å². The van der Waals surface area contributed by atoms with E-state index < -0.39 is 74.3 Å². The first kappa shape index (κ1) is 35.7. The van der Waals surface area contributed by atoms with Crippen LogP contribution in [0.25, 0.3) is 11.0 Å². The number of imidazole rings is 1. The number of aromatic nitrogens is 2. The van der Waals surface area contributed by atoms with Crippen molar-refractivity contribution in [2.45, 2.75) is 127 Å². The number of aryl methyl sites for hydroxylation is 1. The molecule has 4 amide bonds. The molecule has 1 saturated heterocycles. The van der Waals surface area contributed by atoms with E-state index in [9.17, 15) is 27.6 Å². The Labute approximate surface area is 292 Å². The lowest BCUT2D eigenvalue weighted by atomic mass is 10.0. The molecule has 3 heterocycles. The van der Waals surface area contributed by atoms with Crippen LogP contribution in [0.5, 0.6) is 6.01 Å². The number of ether oxygens (including phenoxy) is 2. The predicted octanol–water partition coefficient (Wildman–Crippen LogP) is 3.30. The van der Waals surface area contributed by atoms with Crippen LogP contribution in [0.4, 0.5) is 4.79 Å². The number of alkyl carbamates (subject to hydrolysis) is 1. The van der Waals surface area contributed by atoms with E-state index in [-0.39, 0.29) is 19.4 Å². The molecule has 1 aromatic carbocycles. The molecule has 0 radical (unpaired) electrons. The van der Waals surface area contributed by atoms with Gasteiger partial charge in [-0.3, -0.25) is 23.7 Å². The molecule has 4 aliphatic rings. The quantitative estimate of drug-likeness (QED) is 0.364. The highest BCUT2D eigenvalue weighted by Crippen LogP contribution is 2.46. The van der Waals surface area contributed by atoms with Crippen molar-refractivity contribution >= 4 is 44.9 Å². The lowest BCUT2D eigenvalue weighted by Gasteiger charge is -2.30. The van der Waals surface area contributed by atoms with Gasteiger partial charge in [0.2, 0.25) is 21.8 Å². The molecule has 3 N–H and O–H groups in total. The van der Waals surface area contributed by atoms with Crippen molar-refractivity contribution in [3.8, 4) is 6.01 Å². The Bertz CT molecular complexity index is 1780. The fraction of sp³-hybridized carbons (Fsp3) is 0.629. The summed E-state index contributed by atoms with van der Waals surface area (Å²) < 4.78 is 41.6. The van der Waals surface area contributed by atoms with E-state index in [0.29, 0.717) is 44.7 Å². The fourth-order valence-corrected chi connectivity index (χ4v) is 8.26. The van der Waals surface area contributed by atoms with Gasteiger partial charge in [0.1, 0.15) is 29.3 Å². The van der Waals surface area contributed by atoms with Gasteiger partial charge in [-0.25, -0.2) is 13.2 Å². The maximum Gasteiger partial charge on any atom is 0.408 e. The average Bonchev–Trinajstić information content (AvgIpc) is 3.94. The van der Waals surface area contributed by atoms with E-state index in [1.165, 1.54) is 4.90 Å². The number of amides is 4. The highest BCUT2D eigenvalue weighted by atomic mass is 32.2. The number of benzene rings is 1. The van der Waals surface area contributed by atoms with Gasteiger partial charge in [-0.1, -0.05) is 37.1 Å². The zero-order valence-electron chi connectivity index (χ0n) is 29.1. The highest BCUT2D eigenvalue weighted by Gasteiger charge is 2.62. The molecule has 15 heteroatoms. The number of rotatable bonds is 7. The molecule has 1 aromatic heterocycles. The second-order valence-corrected chi connectivity index (χ2v) is 16.8. The van der Waals surface area contributed by atoms with E-state index in [2.05, 4.69) is 20.3 Å². The summed E-state index contributed by atoms with van der Waals surface area (Å²) >= 11 is 0. The Morgan fingerprint density at radius 3 is 2.58 bits per heavy atom. The molecule has 0 spiro atoms. The van der Waals surface area contributed by atoms with E-state index in [1.54, 1.807) is 20.8 Å². The molecule has 3 fully saturated rings. The van der Waals surface area contributed by atoms with Crippen LogP contribution in [0.3, 0.4) is 0 Å². The van der Waals surface area contributed by atoms with Gasteiger partial charge in [-0.15, -0.1) is 0 Å². The topological polar surface area (TPSA) is 178 Å². The van der Waals surface area contributed by atoms with Crippen molar-refractivity contribution in [2.75, 3.05) is 6.54 Å². The number of hydrogen-bond acceptors (Lipinski definition) is 9. The average molecular weight is 713 g/mol. The molecule has 0 unspecified atom stereocenters. The molecular weight excluding hydrogens is 664 g/mol. The lowest BCUT2D eigenvalue weighted by Crippen LogP contribution is -2.58. The molecule has 2 aliphatic carbocycles. The Morgan fingerprint density at radius 1 is 1.10 bits per heavy atom. The van der Waals surface area contributed by atoms with Crippen molar-refractivity contribution in [3.63, 3.8) is 0 Å². The summed E-state index contributed by atoms with van der Waals surface area (Å²) in [5.41, 5.74) is -0.639. The standard InChI is InChI=1S/C35H48N6O8S/c1-5-40-27-16-12-11-14-25(27)36-32(40)48-23-19-28-29(42)38-35(31(44)39-50(46,47)24-17-18-24)20-22(35)13-9-7-6-8-10-15-26(30(43)41(28)21-23)37-33(45)49-34(2,3)4/h9,11-14,16,22-24,26,28H,5-8,10,15,17-21H2,1-4H3,(H,37,45)(H,38,42)(H,39,44)/t22-,23-,26+,28+,35-/m1/s1. The summed E-state index contributed by atoms with van der Waals surface area (Å²) in [4.78, 5) is 61.3. The van der Waals surface area contributed by atoms with E-state index in [1.807, 2.05) is 47.9 Å². The highest BCUT2D eigenvalue weighted by molar-refractivity contribution is 7.91. The van der Waals surface area contributed by atoms with Gasteiger partial charge in [0.15, 0.2) is 0 Å². The van der Waals surface area contributed by atoms with Gasteiger partial charge in [-0.05, 0) is 78.4 Å². The van der Waals surface area contributed by atoms with Gasteiger partial charge in [0.25, 0.3) is 11.9 Å². The van der Waals surface area contributed by atoms with Crippen LogP contribution >= 0.6 is 0 Å². The van der Waals surface area contributed by atoms with Crippen molar-refractivity contribution in [1.29, 1.82) is 0 Å². The predicted molar refractivity (Wildman–Crippen MR) is 184 cm³/mol. The molecule has 272 valence electrons. The number of para-hydroxylation sites is 2. The van der Waals surface area contributed by atoms with Crippen LogP contribution in [0.1, 0.15) is 85.5 Å². The van der Waals surface area contributed by atoms with E-state index in [0.717, 1.165) is 23.9 Å². The molecule has 2 saturated carbocycles. The summed E-state index contributed by atoms with van der Waals surface area (Å²) in [6.45, 7) is 7.77. The van der Waals surface area contributed by atoms with E-state index >= 15 is 0 Å². The molecule has 14 nitrogen and oxygen atoms in total. The minimum absolute atomic E-state index is 0.0227. The molecular formula is C35H48N6O8S. The Morgan fingerprint density at radius 2 is 1.86 bits per heavy atom. The SMILES string of the molecule is CCn1c(O[C@@H]2C[C@H]3C(=O)N[C@]4(C(=O)NS(=O)(=O)C5CC5)C[C@H]4C=CCCCCC[C@H](NC(=O)OC(C)(C)C)C(=O)N3C2)nc2ccccc21. The number of hydrogen-bond donors (Lipinski definition) is 3. The van der Waals surface area contributed by atoms with Gasteiger partial charge < -0.3 is 25.0 Å². The minimum Gasteiger partial charge on any atom is -0.459 e. The Balaban J connectivity index is 1.30. The van der Waals surface area contributed by atoms with Gasteiger partial charge >= 0.3 is 6.09 Å². The van der Waals surface area contributed by atoms with Gasteiger partial charge in [0.05, 0.1) is 22.8 Å². The van der Waals surface area contributed by atoms with Gasteiger partial charge in [0, 0.05) is 18.9 Å².